The minimum absolute atomic E-state index is 0.163. The molecule has 2 aliphatic rings. The van der Waals surface area contributed by atoms with E-state index in [1.54, 1.807) is 0 Å². The van der Waals surface area contributed by atoms with Crippen LogP contribution in [0.3, 0.4) is 0 Å². The van der Waals surface area contributed by atoms with Gasteiger partial charge in [-0.2, -0.15) is 0 Å². The van der Waals surface area contributed by atoms with Gasteiger partial charge in [-0.1, -0.05) is 61.2 Å². The summed E-state index contributed by atoms with van der Waals surface area (Å²) in [4.78, 5) is 14.4. The summed E-state index contributed by atoms with van der Waals surface area (Å²) in [5.74, 6) is 1.60. The highest BCUT2D eigenvalue weighted by atomic mass is 35.5. The first kappa shape index (κ1) is 31.0. The molecule has 1 aliphatic heterocycles. The summed E-state index contributed by atoms with van der Waals surface area (Å²) in [5.41, 5.74) is 9.77. The second-order valence-electron chi connectivity index (χ2n) is 12.5. The number of aryl methyl sites for hydroxylation is 2. The standard InChI is InChI=1S/C40H43ClN2O2/c1-28-13-24-36-37(27-28)42(3)40(39(36)31-9-5-4-6-10-31)32-17-22-35(23-18-32)45-26-8-11-34(43-25-7-12-38(43)44)21-14-29(2)30-15-19-33(41)20-16-30/h8,11,13-24,27,31H,4-7,9-10,12,25-26H2,1-3H3/b11-8+,29-14+,34-21+. The number of fused-ring (bicyclic) bond motifs is 1. The number of carbonyl (C=O) groups excluding carboxylic acids is 1. The average molecular weight is 619 g/mol. The fourth-order valence-electron chi connectivity index (χ4n) is 6.93. The van der Waals surface area contributed by atoms with Gasteiger partial charge in [0, 0.05) is 41.6 Å². The zero-order valence-corrected chi connectivity index (χ0v) is 27.4. The number of likely N-dealkylation sites (tertiary alicyclic amines) is 1. The van der Waals surface area contributed by atoms with Gasteiger partial charge in [0.1, 0.15) is 12.4 Å². The molecule has 0 atom stereocenters. The van der Waals surface area contributed by atoms with Gasteiger partial charge in [-0.3, -0.25) is 4.79 Å². The normalized spacial score (nSPS) is 16.8. The highest BCUT2D eigenvalue weighted by Gasteiger charge is 2.25. The first-order valence-corrected chi connectivity index (χ1v) is 16.7. The average Bonchev–Trinajstić information content (AvgIpc) is 3.61. The van der Waals surface area contributed by atoms with Crippen molar-refractivity contribution in [2.24, 2.45) is 7.05 Å². The van der Waals surface area contributed by atoms with Crippen LogP contribution < -0.4 is 4.74 Å². The molecule has 1 saturated carbocycles. The third-order valence-electron chi connectivity index (χ3n) is 9.36. The highest BCUT2D eigenvalue weighted by molar-refractivity contribution is 6.30. The molecular weight excluding hydrogens is 576 g/mol. The lowest BCUT2D eigenvalue weighted by Crippen LogP contribution is -2.22. The van der Waals surface area contributed by atoms with Gasteiger partial charge in [0.25, 0.3) is 0 Å². The zero-order valence-electron chi connectivity index (χ0n) is 26.7. The van der Waals surface area contributed by atoms with Gasteiger partial charge in [-0.25, -0.2) is 0 Å². The van der Waals surface area contributed by atoms with Crippen LogP contribution in [0.2, 0.25) is 5.02 Å². The summed E-state index contributed by atoms with van der Waals surface area (Å²) in [7, 11) is 2.21. The maximum Gasteiger partial charge on any atom is 0.227 e. The monoisotopic (exact) mass is 618 g/mol. The molecule has 1 aromatic heterocycles. The number of benzene rings is 3. The fourth-order valence-corrected chi connectivity index (χ4v) is 7.05. The van der Waals surface area contributed by atoms with Crippen molar-refractivity contribution in [2.45, 2.75) is 64.7 Å². The van der Waals surface area contributed by atoms with Crippen molar-refractivity contribution in [1.82, 2.24) is 9.47 Å². The largest absolute Gasteiger partial charge is 0.490 e. The molecule has 0 unspecified atom stereocenters. The van der Waals surface area contributed by atoms with Crippen LogP contribution in [-0.2, 0) is 11.8 Å². The van der Waals surface area contributed by atoms with Crippen LogP contribution in [0.5, 0.6) is 5.75 Å². The molecule has 0 bridgehead atoms. The van der Waals surface area contributed by atoms with Crippen LogP contribution in [0.15, 0.2) is 96.7 Å². The van der Waals surface area contributed by atoms with E-state index in [0.717, 1.165) is 40.6 Å². The minimum Gasteiger partial charge on any atom is -0.490 e. The lowest BCUT2D eigenvalue weighted by molar-refractivity contribution is -0.125. The Morgan fingerprint density at radius 1 is 0.956 bits per heavy atom. The molecule has 0 N–H and O–H groups in total. The number of rotatable bonds is 9. The molecule has 3 aromatic carbocycles. The van der Waals surface area contributed by atoms with Crippen LogP contribution in [-0.4, -0.2) is 28.5 Å². The maximum atomic E-state index is 12.6. The molecule has 232 valence electrons. The predicted octanol–water partition coefficient (Wildman–Crippen LogP) is 10.4. The smallest absolute Gasteiger partial charge is 0.227 e. The third-order valence-corrected chi connectivity index (χ3v) is 9.61. The second kappa shape index (κ2) is 14.0. The lowest BCUT2D eigenvalue weighted by atomic mass is 9.82. The van der Waals surface area contributed by atoms with E-state index in [1.165, 1.54) is 65.4 Å². The number of nitrogens with zero attached hydrogens (tertiary/aromatic N) is 2. The number of amides is 1. The van der Waals surface area contributed by atoms with Crippen LogP contribution >= 0.6 is 11.6 Å². The molecule has 6 rings (SSSR count). The van der Waals surface area contributed by atoms with Crippen LogP contribution in [0, 0.1) is 6.92 Å². The van der Waals surface area contributed by atoms with Crippen molar-refractivity contribution in [3.05, 3.63) is 118 Å². The molecule has 0 radical (unpaired) electrons. The molecule has 4 nitrogen and oxygen atoms in total. The predicted molar refractivity (Wildman–Crippen MR) is 188 cm³/mol. The first-order chi connectivity index (χ1) is 21.9. The topological polar surface area (TPSA) is 34.5 Å². The first-order valence-electron chi connectivity index (χ1n) is 16.3. The van der Waals surface area contributed by atoms with E-state index in [9.17, 15) is 4.79 Å². The number of carbonyl (C=O) groups is 1. The Balaban J connectivity index is 1.19. The number of halogens is 1. The Bertz CT molecular complexity index is 1750. The molecule has 2 fully saturated rings. The summed E-state index contributed by atoms with van der Waals surface area (Å²) < 4.78 is 8.53. The summed E-state index contributed by atoms with van der Waals surface area (Å²) >= 11 is 6.06. The van der Waals surface area contributed by atoms with E-state index in [-0.39, 0.29) is 5.91 Å². The molecule has 1 saturated heterocycles. The molecule has 5 heteroatoms. The van der Waals surface area contributed by atoms with Crippen molar-refractivity contribution in [3.8, 4) is 17.0 Å². The van der Waals surface area contributed by atoms with Crippen molar-refractivity contribution < 1.29 is 9.53 Å². The minimum atomic E-state index is 0.163. The number of ether oxygens (including phenoxy) is 1. The lowest BCUT2D eigenvalue weighted by Gasteiger charge is -2.23. The summed E-state index contributed by atoms with van der Waals surface area (Å²) in [5, 5.41) is 2.12. The third kappa shape index (κ3) is 6.97. The Hall–Kier alpha value is -4.02. The molecule has 0 spiro atoms. The van der Waals surface area contributed by atoms with Gasteiger partial charge in [-0.15, -0.1) is 0 Å². The van der Waals surface area contributed by atoms with E-state index in [2.05, 4.69) is 74.0 Å². The molecule has 4 aromatic rings. The van der Waals surface area contributed by atoms with E-state index < -0.39 is 0 Å². The van der Waals surface area contributed by atoms with E-state index in [1.807, 2.05) is 47.4 Å². The van der Waals surface area contributed by atoms with E-state index in [4.69, 9.17) is 16.3 Å². The Labute approximate surface area is 272 Å². The van der Waals surface area contributed by atoms with Crippen molar-refractivity contribution >= 4 is 34.0 Å². The molecule has 1 amide bonds. The Kier molecular flexibility index (Phi) is 9.61. The molecule has 2 heterocycles. The quantitative estimate of drug-likeness (QED) is 0.175. The van der Waals surface area contributed by atoms with Crippen LogP contribution in [0.25, 0.3) is 27.7 Å². The second-order valence-corrected chi connectivity index (χ2v) is 12.9. The molecule has 45 heavy (non-hydrogen) atoms. The number of hydrogen-bond donors (Lipinski definition) is 0. The molecule has 1 aliphatic carbocycles. The summed E-state index contributed by atoms with van der Waals surface area (Å²) in [6, 6.07) is 23.3. The van der Waals surface area contributed by atoms with Gasteiger partial charge < -0.3 is 14.2 Å². The van der Waals surface area contributed by atoms with Crippen molar-refractivity contribution in [1.29, 1.82) is 0 Å². The summed E-state index contributed by atoms with van der Waals surface area (Å²) in [6.45, 7) is 5.39. The maximum absolute atomic E-state index is 12.6. The van der Waals surface area contributed by atoms with Gasteiger partial charge in [0.05, 0.1) is 5.69 Å². The van der Waals surface area contributed by atoms with Crippen LogP contribution in [0.4, 0.5) is 0 Å². The number of hydrogen-bond acceptors (Lipinski definition) is 2. The zero-order chi connectivity index (χ0) is 31.3. The highest BCUT2D eigenvalue weighted by Crippen LogP contribution is 2.44. The number of allylic oxidation sites excluding steroid dienone is 4. The Morgan fingerprint density at radius 3 is 2.42 bits per heavy atom. The van der Waals surface area contributed by atoms with Gasteiger partial charge >= 0.3 is 0 Å². The van der Waals surface area contributed by atoms with Crippen molar-refractivity contribution in [3.63, 3.8) is 0 Å². The number of aromatic nitrogens is 1. The van der Waals surface area contributed by atoms with Crippen molar-refractivity contribution in [2.75, 3.05) is 13.2 Å². The Morgan fingerprint density at radius 2 is 1.71 bits per heavy atom. The van der Waals surface area contributed by atoms with E-state index >= 15 is 0 Å². The van der Waals surface area contributed by atoms with Gasteiger partial charge in [0.2, 0.25) is 5.91 Å². The fraction of sp³-hybridized carbons (Fsp3) is 0.325. The molecular formula is C40H43ClN2O2. The van der Waals surface area contributed by atoms with Gasteiger partial charge in [-0.05, 0) is 128 Å². The SMILES string of the molecule is C\C(=C/C=C(\C=C\COc1ccc(-c2c(C3CCCCC3)c3ccc(C)cc3n2C)cc1)N1CCCC1=O)c1ccc(Cl)cc1. The van der Waals surface area contributed by atoms with E-state index in [0.29, 0.717) is 18.9 Å². The summed E-state index contributed by atoms with van der Waals surface area (Å²) in [6.07, 6.45) is 16.0. The van der Waals surface area contributed by atoms with Gasteiger partial charge in [0.15, 0.2) is 0 Å². The van der Waals surface area contributed by atoms with Crippen LogP contribution in [0.1, 0.15) is 74.5 Å².